The fourth-order valence-electron chi connectivity index (χ4n) is 2.69. The van der Waals surface area contributed by atoms with Crippen molar-refractivity contribution in [3.63, 3.8) is 0 Å². The minimum absolute atomic E-state index is 0.139. The van der Waals surface area contributed by atoms with Gasteiger partial charge in [0.1, 0.15) is 23.6 Å². The SMILES string of the molecule is C=C/C=C(\C=C)N/C(=C/C=O)N(c1ccccc1)c1nc(C(N)=O)cc(C)c1C. The van der Waals surface area contributed by atoms with Gasteiger partial charge in [-0.2, -0.15) is 0 Å². The predicted molar refractivity (Wildman–Crippen MR) is 117 cm³/mol. The van der Waals surface area contributed by atoms with E-state index in [1.807, 2.05) is 44.2 Å². The molecule has 0 radical (unpaired) electrons. The van der Waals surface area contributed by atoms with Gasteiger partial charge in [-0.3, -0.25) is 14.5 Å². The highest BCUT2D eigenvalue weighted by molar-refractivity contribution is 5.92. The Hall–Kier alpha value is -3.93. The summed E-state index contributed by atoms with van der Waals surface area (Å²) in [4.78, 5) is 29.5. The molecule has 0 fully saturated rings. The summed E-state index contributed by atoms with van der Waals surface area (Å²) >= 11 is 0. The topological polar surface area (TPSA) is 88.3 Å². The van der Waals surface area contributed by atoms with Crippen LogP contribution in [0.4, 0.5) is 11.5 Å². The molecule has 29 heavy (non-hydrogen) atoms. The molecule has 1 aromatic heterocycles. The first kappa shape index (κ1) is 21.4. The highest BCUT2D eigenvalue weighted by atomic mass is 16.1. The average molecular weight is 388 g/mol. The molecule has 0 bridgehead atoms. The van der Waals surface area contributed by atoms with Gasteiger partial charge in [0.05, 0.1) is 0 Å². The van der Waals surface area contributed by atoms with Gasteiger partial charge in [-0.25, -0.2) is 4.98 Å². The number of carbonyl (C=O) groups excluding carboxylic acids is 2. The molecule has 0 saturated heterocycles. The van der Waals surface area contributed by atoms with E-state index >= 15 is 0 Å². The maximum Gasteiger partial charge on any atom is 0.267 e. The number of hydrogen-bond donors (Lipinski definition) is 2. The molecule has 0 unspecified atom stereocenters. The molecular formula is C23H24N4O2. The second-order valence-electron chi connectivity index (χ2n) is 6.18. The summed E-state index contributed by atoms with van der Waals surface area (Å²) in [6, 6.07) is 11.0. The van der Waals surface area contributed by atoms with E-state index in [0.29, 0.717) is 23.6 Å². The number of allylic oxidation sites excluding steroid dienone is 4. The van der Waals surface area contributed by atoms with Crippen LogP contribution in [0.2, 0.25) is 0 Å². The van der Waals surface area contributed by atoms with E-state index in [2.05, 4.69) is 23.5 Å². The number of para-hydroxylation sites is 1. The number of pyridine rings is 1. The first-order valence-corrected chi connectivity index (χ1v) is 8.93. The van der Waals surface area contributed by atoms with Crippen LogP contribution in [0.5, 0.6) is 0 Å². The fourth-order valence-corrected chi connectivity index (χ4v) is 2.69. The van der Waals surface area contributed by atoms with Crippen molar-refractivity contribution in [2.75, 3.05) is 4.90 Å². The summed E-state index contributed by atoms with van der Waals surface area (Å²) in [5, 5.41) is 3.17. The molecule has 6 nitrogen and oxygen atoms in total. The third-order valence-electron chi connectivity index (χ3n) is 4.24. The lowest BCUT2D eigenvalue weighted by atomic mass is 10.1. The van der Waals surface area contributed by atoms with E-state index < -0.39 is 5.91 Å². The zero-order valence-corrected chi connectivity index (χ0v) is 16.6. The first-order chi connectivity index (χ1) is 13.9. The van der Waals surface area contributed by atoms with Gasteiger partial charge in [0.15, 0.2) is 0 Å². The standard InChI is InChI=1S/C23H24N4O2/c1-5-10-18(6-2)25-21(13-14-28)27(19-11-8-7-9-12-19)23-17(4)16(3)15-20(26-23)22(24)29/h5-15,25H,1-2H2,3-4H3,(H2,24,29)/b18-10+,21-13-. The summed E-state index contributed by atoms with van der Waals surface area (Å²) in [5.74, 6) is 0.276. The smallest absolute Gasteiger partial charge is 0.267 e. The Morgan fingerprint density at radius 1 is 1.17 bits per heavy atom. The minimum atomic E-state index is -0.630. The zero-order valence-electron chi connectivity index (χ0n) is 16.6. The molecule has 6 heteroatoms. The van der Waals surface area contributed by atoms with Crippen LogP contribution >= 0.6 is 0 Å². The number of primary amides is 1. The second-order valence-corrected chi connectivity index (χ2v) is 6.18. The van der Waals surface area contributed by atoms with Crippen molar-refractivity contribution in [3.05, 3.63) is 102 Å². The average Bonchev–Trinajstić information content (AvgIpc) is 2.71. The number of nitrogens with zero attached hydrogens (tertiary/aromatic N) is 2. The van der Waals surface area contributed by atoms with Crippen LogP contribution in [0.25, 0.3) is 0 Å². The van der Waals surface area contributed by atoms with E-state index in [0.717, 1.165) is 16.8 Å². The predicted octanol–water partition coefficient (Wildman–Crippen LogP) is 3.82. The summed E-state index contributed by atoms with van der Waals surface area (Å²) < 4.78 is 0. The van der Waals surface area contributed by atoms with Crippen molar-refractivity contribution in [1.29, 1.82) is 0 Å². The third kappa shape index (κ3) is 5.07. The number of amides is 1. The summed E-state index contributed by atoms with van der Waals surface area (Å²) in [5.41, 5.74) is 8.68. The highest BCUT2D eigenvalue weighted by Crippen LogP contribution is 2.32. The Kier molecular flexibility index (Phi) is 7.26. The van der Waals surface area contributed by atoms with Gasteiger partial charge < -0.3 is 11.1 Å². The fraction of sp³-hybridized carbons (Fsp3) is 0.0870. The minimum Gasteiger partial charge on any atom is -0.364 e. The Labute approximate surface area is 170 Å². The summed E-state index contributed by atoms with van der Waals surface area (Å²) in [7, 11) is 0. The van der Waals surface area contributed by atoms with Crippen LogP contribution < -0.4 is 16.0 Å². The molecular weight excluding hydrogens is 364 g/mol. The van der Waals surface area contributed by atoms with E-state index in [4.69, 9.17) is 5.73 Å². The van der Waals surface area contributed by atoms with Crippen LogP contribution in [-0.4, -0.2) is 17.2 Å². The molecule has 0 saturated carbocycles. The molecule has 0 spiro atoms. The molecule has 1 aromatic carbocycles. The van der Waals surface area contributed by atoms with Gasteiger partial charge in [-0.1, -0.05) is 37.4 Å². The number of aldehydes is 1. The van der Waals surface area contributed by atoms with Gasteiger partial charge >= 0.3 is 0 Å². The number of aryl methyl sites for hydroxylation is 1. The molecule has 0 aliphatic carbocycles. The van der Waals surface area contributed by atoms with Crippen LogP contribution in [-0.2, 0) is 4.79 Å². The van der Waals surface area contributed by atoms with Gasteiger partial charge in [0.2, 0.25) is 0 Å². The van der Waals surface area contributed by atoms with Crippen molar-refractivity contribution in [2.24, 2.45) is 5.73 Å². The van der Waals surface area contributed by atoms with E-state index in [9.17, 15) is 9.59 Å². The van der Waals surface area contributed by atoms with Crippen molar-refractivity contribution in [1.82, 2.24) is 10.3 Å². The Morgan fingerprint density at radius 3 is 2.41 bits per heavy atom. The quantitative estimate of drug-likeness (QED) is 0.387. The Balaban J connectivity index is 2.77. The molecule has 148 valence electrons. The van der Waals surface area contributed by atoms with Crippen LogP contribution in [0.15, 0.2) is 85.4 Å². The van der Waals surface area contributed by atoms with Gasteiger partial charge in [0.25, 0.3) is 5.91 Å². The molecule has 2 rings (SSSR count). The molecule has 3 N–H and O–H groups in total. The number of carbonyl (C=O) groups is 2. The van der Waals surface area contributed by atoms with Crippen molar-refractivity contribution in [3.8, 4) is 0 Å². The number of anilines is 2. The Bertz CT molecular complexity index is 991. The van der Waals surface area contributed by atoms with Crippen molar-refractivity contribution >= 4 is 23.7 Å². The van der Waals surface area contributed by atoms with Crippen LogP contribution in [0.1, 0.15) is 21.6 Å². The molecule has 0 aliphatic rings. The zero-order chi connectivity index (χ0) is 21.4. The number of nitrogens with two attached hydrogens (primary N) is 1. The van der Waals surface area contributed by atoms with Gasteiger partial charge in [0, 0.05) is 17.5 Å². The number of aromatic nitrogens is 1. The van der Waals surface area contributed by atoms with E-state index in [1.54, 1.807) is 29.2 Å². The normalized spacial score (nSPS) is 11.5. The molecule has 2 aromatic rings. The lowest BCUT2D eigenvalue weighted by Crippen LogP contribution is -2.30. The molecule has 0 aliphatic heterocycles. The lowest BCUT2D eigenvalue weighted by Gasteiger charge is -2.29. The molecule has 0 atom stereocenters. The number of hydrogen-bond acceptors (Lipinski definition) is 5. The highest BCUT2D eigenvalue weighted by Gasteiger charge is 2.21. The maximum absolute atomic E-state index is 11.8. The largest absolute Gasteiger partial charge is 0.364 e. The van der Waals surface area contributed by atoms with Gasteiger partial charge in [-0.15, -0.1) is 0 Å². The summed E-state index contributed by atoms with van der Waals surface area (Å²) in [6.07, 6.45) is 6.99. The van der Waals surface area contributed by atoms with Crippen LogP contribution in [0, 0.1) is 13.8 Å². The lowest BCUT2D eigenvalue weighted by molar-refractivity contribution is -0.104. The Morgan fingerprint density at radius 2 is 1.86 bits per heavy atom. The van der Waals surface area contributed by atoms with Gasteiger partial charge in [-0.05, 0) is 55.3 Å². The van der Waals surface area contributed by atoms with Crippen molar-refractivity contribution < 1.29 is 9.59 Å². The maximum atomic E-state index is 11.8. The molecule has 1 amide bonds. The third-order valence-corrected chi connectivity index (χ3v) is 4.24. The van der Waals surface area contributed by atoms with Crippen LogP contribution in [0.3, 0.4) is 0 Å². The second kappa shape index (κ2) is 9.85. The summed E-state index contributed by atoms with van der Waals surface area (Å²) in [6.45, 7) is 11.2. The number of rotatable bonds is 9. The number of benzene rings is 1. The monoisotopic (exact) mass is 388 g/mol. The number of nitrogens with one attached hydrogen (secondary N) is 1. The first-order valence-electron chi connectivity index (χ1n) is 8.93. The van der Waals surface area contributed by atoms with E-state index in [-0.39, 0.29) is 5.69 Å². The van der Waals surface area contributed by atoms with Crippen molar-refractivity contribution in [2.45, 2.75) is 13.8 Å². The molecule has 1 heterocycles. The van der Waals surface area contributed by atoms with E-state index in [1.165, 1.54) is 6.08 Å².